The number of aromatic nitrogens is 1. The highest BCUT2D eigenvalue weighted by Crippen LogP contribution is 2.22. The number of amides is 1. The van der Waals surface area contributed by atoms with E-state index in [1.54, 1.807) is 24.3 Å². The van der Waals surface area contributed by atoms with Crippen LogP contribution in [-0.4, -0.2) is 51.8 Å². The predicted octanol–water partition coefficient (Wildman–Crippen LogP) is 5.66. The maximum absolute atomic E-state index is 13.5. The van der Waals surface area contributed by atoms with Crippen LogP contribution in [0.4, 0.5) is 15.8 Å². The van der Waals surface area contributed by atoms with Gasteiger partial charge in [0.2, 0.25) is 0 Å². The molecule has 0 atom stereocenters. The summed E-state index contributed by atoms with van der Waals surface area (Å²) in [5.41, 5.74) is 4.79. The second-order valence-electron chi connectivity index (χ2n) is 9.94. The average molecular weight is 560 g/mol. The average Bonchev–Trinajstić information content (AvgIpc) is 3.43. The fraction of sp³-hybridized carbons (Fsp3) is 0.267. The van der Waals surface area contributed by atoms with Crippen molar-refractivity contribution in [2.24, 2.45) is 0 Å². The summed E-state index contributed by atoms with van der Waals surface area (Å²) in [6.45, 7) is 6.33. The molecule has 0 bridgehead atoms. The molecule has 4 aromatic rings. The van der Waals surface area contributed by atoms with E-state index in [0.29, 0.717) is 51.5 Å². The van der Waals surface area contributed by atoms with Crippen molar-refractivity contribution in [3.05, 3.63) is 121 Å². The number of nitro benzene ring substituents is 1. The molecule has 1 aliphatic heterocycles. The molecule has 40 heavy (non-hydrogen) atoms. The molecule has 0 unspecified atom stereocenters. The molecular weight excluding hydrogens is 529 g/mol. The van der Waals surface area contributed by atoms with Gasteiger partial charge >= 0.3 is 0 Å². The number of hydrogen-bond acceptors (Lipinski definition) is 7. The first-order valence-corrected chi connectivity index (χ1v) is 14.0. The van der Waals surface area contributed by atoms with Crippen LogP contribution in [-0.2, 0) is 19.6 Å². The van der Waals surface area contributed by atoms with Gasteiger partial charge in [-0.3, -0.25) is 19.8 Å². The predicted molar refractivity (Wildman–Crippen MR) is 154 cm³/mol. The van der Waals surface area contributed by atoms with Gasteiger partial charge in [0.05, 0.1) is 11.5 Å². The normalized spacial score (nSPS) is 13.6. The summed E-state index contributed by atoms with van der Waals surface area (Å²) in [7, 11) is 0. The van der Waals surface area contributed by atoms with Crippen LogP contribution in [0.1, 0.15) is 32.2 Å². The van der Waals surface area contributed by atoms with Crippen LogP contribution in [0.5, 0.6) is 0 Å². The van der Waals surface area contributed by atoms with E-state index in [2.05, 4.69) is 46.0 Å². The summed E-state index contributed by atoms with van der Waals surface area (Å²) < 4.78 is 13.5. The molecule has 2 heterocycles. The first-order chi connectivity index (χ1) is 19.3. The molecule has 3 aromatic carbocycles. The third-order valence-corrected chi connectivity index (χ3v) is 7.80. The molecule has 0 N–H and O–H groups in total. The van der Waals surface area contributed by atoms with Gasteiger partial charge in [-0.1, -0.05) is 42.0 Å². The van der Waals surface area contributed by atoms with Crippen molar-refractivity contribution < 1.29 is 14.1 Å². The monoisotopic (exact) mass is 559 g/mol. The number of carbonyl (C=O) groups is 1. The molecule has 206 valence electrons. The number of anilines is 1. The lowest BCUT2D eigenvalue weighted by Crippen LogP contribution is -2.48. The topological polar surface area (TPSA) is 82.8 Å². The highest BCUT2D eigenvalue weighted by molar-refractivity contribution is 7.09. The molecule has 1 aliphatic rings. The third kappa shape index (κ3) is 6.88. The first kappa shape index (κ1) is 27.4. The van der Waals surface area contributed by atoms with Gasteiger partial charge in [0.25, 0.3) is 11.6 Å². The molecule has 1 aromatic heterocycles. The van der Waals surface area contributed by atoms with Crippen molar-refractivity contribution >= 4 is 28.6 Å². The Morgan fingerprint density at radius 3 is 2.12 bits per heavy atom. The number of nitro groups is 1. The SMILES string of the molecule is Cc1ccc(CN(Cc2ccc(F)cc2)Cc2nc(C(=O)N3CCN(c4ccc([N+](=O)[O-])cc4)CC3)cs2)cc1. The number of nitrogens with zero attached hydrogens (tertiary/aromatic N) is 5. The standard InChI is InChI=1S/C30H30FN5O3S/c1-22-2-4-23(5-3-22)18-33(19-24-6-8-25(31)9-7-24)20-29-32-28(21-40-29)30(37)35-16-14-34(15-17-35)26-10-12-27(13-11-26)36(38)39/h2-13,21H,14-20H2,1H3. The van der Waals surface area contributed by atoms with Crippen molar-refractivity contribution in [2.75, 3.05) is 31.1 Å². The minimum absolute atomic E-state index is 0.0620. The molecular formula is C30H30FN5O3S. The summed E-state index contributed by atoms with van der Waals surface area (Å²) in [6, 6.07) is 21.4. The van der Waals surface area contributed by atoms with Gasteiger partial charge in [-0.2, -0.15) is 0 Å². The molecule has 0 saturated carbocycles. The lowest BCUT2D eigenvalue weighted by atomic mass is 10.1. The van der Waals surface area contributed by atoms with Gasteiger partial charge in [-0.25, -0.2) is 9.37 Å². The number of thiazole rings is 1. The summed E-state index contributed by atoms with van der Waals surface area (Å²) in [4.78, 5) is 34.6. The lowest BCUT2D eigenvalue weighted by Gasteiger charge is -2.35. The van der Waals surface area contributed by atoms with E-state index in [9.17, 15) is 19.3 Å². The molecule has 1 fully saturated rings. The zero-order valence-electron chi connectivity index (χ0n) is 22.2. The fourth-order valence-electron chi connectivity index (χ4n) is 4.76. The molecule has 1 amide bonds. The molecule has 5 rings (SSSR count). The highest BCUT2D eigenvalue weighted by atomic mass is 32.1. The summed E-state index contributed by atoms with van der Waals surface area (Å²) in [5, 5.41) is 13.6. The van der Waals surface area contributed by atoms with Crippen LogP contribution >= 0.6 is 11.3 Å². The van der Waals surface area contributed by atoms with Crippen LogP contribution in [0.25, 0.3) is 0 Å². The number of halogens is 1. The van der Waals surface area contributed by atoms with Gasteiger partial charge in [0.1, 0.15) is 16.5 Å². The Bertz CT molecular complexity index is 1400. The molecule has 1 saturated heterocycles. The maximum Gasteiger partial charge on any atom is 0.273 e. The van der Waals surface area contributed by atoms with Gasteiger partial charge < -0.3 is 9.80 Å². The first-order valence-electron chi connectivity index (χ1n) is 13.1. The molecule has 0 radical (unpaired) electrons. The minimum Gasteiger partial charge on any atom is -0.368 e. The number of carbonyl (C=O) groups excluding carboxylic acids is 1. The van der Waals surface area contributed by atoms with Crippen molar-refractivity contribution in [3.8, 4) is 0 Å². The second kappa shape index (κ2) is 12.4. The number of aryl methyl sites for hydroxylation is 1. The second-order valence-corrected chi connectivity index (χ2v) is 10.9. The van der Waals surface area contributed by atoms with E-state index in [1.165, 1.54) is 46.7 Å². The number of benzene rings is 3. The zero-order valence-corrected chi connectivity index (χ0v) is 23.0. The van der Waals surface area contributed by atoms with E-state index >= 15 is 0 Å². The molecule has 0 aliphatic carbocycles. The lowest BCUT2D eigenvalue weighted by molar-refractivity contribution is -0.384. The smallest absolute Gasteiger partial charge is 0.273 e. The third-order valence-electron chi connectivity index (χ3n) is 6.97. The minimum atomic E-state index is -0.410. The van der Waals surface area contributed by atoms with Gasteiger partial charge in [0, 0.05) is 62.5 Å². The number of rotatable bonds is 9. The number of piperazine rings is 1. The summed E-state index contributed by atoms with van der Waals surface area (Å²) in [6.07, 6.45) is 0. The molecule has 0 spiro atoms. The molecule has 8 nitrogen and oxygen atoms in total. The van der Waals surface area contributed by atoms with Crippen LogP contribution in [0.2, 0.25) is 0 Å². The Hall–Kier alpha value is -4.15. The largest absolute Gasteiger partial charge is 0.368 e. The van der Waals surface area contributed by atoms with Gasteiger partial charge in [-0.15, -0.1) is 11.3 Å². The van der Waals surface area contributed by atoms with E-state index in [-0.39, 0.29) is 17.4 Å². The van der Waals surface area contributed by atoms with Gasteiger partial charge in [0.15, 0.2) is 0 Å². The Morgan fingerprint density at radius 2 is 1.52 bits per heavy atom. The van der Waals surface area contributed by atoms with Gasteiger partial charge in [-0.05, 0) is 42.3 Å². The number of non-ortho nitro benzene ring substituents is 1. The Kier molecular flexibility index (Phi) is 8.47. The van der Waals surface area contributed by atoms with Crippen molar-refractivity contribution in [2.45, 2.75) is 26.6 Å². The quantitative estimate of drug-likeness (QED) is 0.194. The highest BCUT2D eigenvalue weighted by Gasteiger charge is 2.25. The Morgan fingerprint density at radius 1 is 0.925 bits per heavy atom. The Balaban J connectivity index is 1.22. The van der Waals surface area contributed by atoms with Crippen molar-refractivity contribution in [1.29, 1.82) is 0 Å². The van der Waals surface area contributed by atoms with Crippen molar-refractivity contribution in [1.82, 2.24) is 14.8 Å². The van der Waals surface area contributed by atoms with Crippen molar-refractivity contribution in [3.63, 3.8) is 0 Å². The summed E-state index contributed by atoms with van der Waals surface area (Å²) in [5.74, 6) is -0.347. The summed E-state index contributed by atoms with van der Waals surface area (Å²) >= 11 is 1.47. The Labute approximate surface area is 236 Å². The molecule has 10 heteroatoms. The zero-order chi connectivity index (χ0) is 28.1. The fourth-order valence-corrected chi connectivity index (χ4v) is 5.56. The van der Waals surface area contributed by atoms with Crippen LogP contribution in [0.15, 0.2) is 78.2 Å². The number of hydrogen-bond donors (Lipinski definition) is 0. The van der Waals surface area contributed by atoms with Crippen LogP contribution in [0.3, 0.4) is 0 Å². The maximum atomic E-state index is 13.5. The van der Waals surface area contributed by atoms with E-state index < -0.39 is 4.92 Å². The van der Waals surface area contributed by atoms with E-state index in [1.807, 2.05) is 10.3 Å². The van der Waals surface area contributed by atoms with E-state index in [4.69, 9.17) is 0 Å². The van der Waals surface area contributed by atoms with Crippen LogP contribution in [0, 0.1) is 22.9 Å². The van der Waals surface area contributed by atoms with Crippen LogP contribution < -0.4 is 4.90 Å². The van der Waals surface area contributed by atoms with E-state index in [0.717, 1.165) is 16.3 Å².